The molecule has 0 radical (unpaired) electrons. The zero-order chi connectivity index (χ0) is 18.1. The summed E-state index contributed by atoms with van der Waals surface area (Å²) in [5, 5.41) is 11.2. The number of rotatable bonds is 4. The maximum atomic E-state index is 12.9. The van der Waals surface area contributed by atoms with Gasteiger partial charge in [-0.15, -0.1) is 0 Å². The number of nitrogens with one attached hydrogen (secondary N) is 1. The lowest BCUT2D eigenvalue weighted by Crippen LogP contribution is -2.16. The highest BCUT2D eigenvalue weighted by Gasteiger charge is 2.32. The number of aliphatic carboxylic acids is 1. The Balaban J connectivity index is 2.31. The van der Waals surface area contributed by atoms with E-state index in [4.69, 9.17) is 9.52 Å². The van der Waals surface area contributed by atoms with Gasteiger partial charge in [-0.05, 0) is 31.5 Å². The molecule has 0 aliphatic heterocycles. The Labute approximate surface area is 135 Å². The van der Waals surface area contributed by atoms with Gasteiger partial charge in [0.15, 0.2) is 0 Å². The van der Waals surface area contributed by atoms with Crippen molar-refractivity contribution in [3.05, 3.63) is 52.5 Å². The number of benzene rings is 1. The summed E-state index contributed by atoms with van der Waals surface area (Å²) in [6.07, 6.45) is -3.81. The van der Waals surface area contributed by atoms with Crippen LogP contribution in [0.15, 0.2) is 28.9 Å². The van der Waals surface area contributed by atoms with E-state index in [-0.39, 0.29) is 22.6 Å². The minimum Gasteiger partial charge on any atom is -0.481 e. The summed E-state index contributed by atoms with van der Waals surface area (Å²) >= 11 is 0. The molecule has 8 heteroatoms. The van der Waals surface area contributed by atoms with E-state index in [1.807, 2.05) is 0 Å². The van der Waals surface area contributed by atoms with Gasteiger partial charge in [0.1, 0.15) is 12.2 Å². The molecule has 1 amide bonds. The van der Waals surface area contributed by atoms with E-state index in [2.05, 4.69) is 5.32 Å². The van der Waals surface area contributed by atoms with E-state index in [9.17, 15) is 22.8 Å². The first-order valence-corrected chi connectivity index (χ1v) is 6.87. The number of amides is 1. The van der Waals surface area contributed by atoms with Crippen molar-refractivity contribution in [3.63, 3.8) is 0 Å². The molecule has 0 bridgehead atoms. The fourth-order valence-electron chi connectivity index (χ4n) is 2.27. The summed E-state index contributed by atoms with van der Waals surface area (Å²) < 4.78 is 43.8. The molecule has 5 nitrogen and oxygen atoms in total. The molecule has 0 unspecified atom stereocenters. The highest BCUT2D eigenvalue weighted by Crippen LogP contribution is 2.33. The largest absolute Gasteiger partial charge is 0.481 e. The molecule has 0 saturated carbocycles. The van der Waals surface area contributed by atoms with Crippen LogP contribution in [-0.2, 0) is 17.4 Å². The number of carbonyl (C=O) groups excluding carboxylic acids is 1. The lowest BCUT2D eigenvalue weighted by Gasteiger charge is -2.13. The van der Waals surface area contributed by atoms with Gasteiger partial charge in [-0.3, -0.25) is 9.59 Å². The number of aryl methyl sites for hydroxylation is 2. The van der Waals surface area contributed by atoms with Crippen molar-refractivity contribution in [2.24, 2.45) is 0 Å². The smallest absolute Gasteiger partial charge is 0.416 e. The zero-order valence-electron chi connectivity index (χ0n) is 12.8. The van der Waals surface area contributed by atoms with Crippen LogP contribution in [0.5, 0.6) is 0 Å². The fourth-order valence-corrected chi connectivity index (χ4v) is 2.27. The number of halogens is 3. The second-order valence-corrected chi connectivity index (χ2v) is 5.27. The van der Waals surface area contributed by atoms with Gasteiger partial charge in [0.2, 0.25) is 0 Å². The summed E-state index contributed by atoms with van der Waals surface area (Å²) in [7, 11) is 0. The lowest BCUT2D eigenvalue weighted by molar-refractivity contribution is -0.138. The number of hydrogen-bond donors (Lipinski definition) is 2. The summed E-state index contributed by atoms with van der Waals surface area (Å²) in [5.41, 5.74) is -0.459. The molecule has 0 spiro atoms. The third-order valence-electron chi connectivity index (χ3n) is 3.39. The molecule has 0 atom stereocenters. The topological polar surface area (TPSA) is 79.5 Å². The van der Waals surface area contributed by atoms with Crippen LogP contribution in [0.3, 0.4) is 0 Å². The Kier molecular flexibility index (Phi) is 4.68. The number of anilines is 1. The van der Waals surface area contributed by atoms with E-state index in [1.54, 1.807) is 6.92 Å². The van der Waals surface area contributed by atoms with Crippen LogP contribution in [0.2, 0.25) is 0 Å². The monoisotopic (exact) mass is 341 g/mol. The van der Waals surface area contributed by atoms with Crippen molar-refractivity contribution in [3.8, 4) is 0 Å². The predicted molar refractivity (Wildman–Crippen MR) is 78.9 cm³/mol. The van der Waals surface area contributed by atoms with Gasteiger partial charge in [-0.1, -0.05) is 6.07 Å². The predicted octanol–water partition coefficient (Wildman–Crippen LogP) is 3.79. The number of carboxylic acid groups (broad SMARTS) is 1. The van der Waals surface area contributed by atoms with E-state index in [0.29, 0.717) is 5.56 Å². The number of furan rings is 1. The standard InChI is InChI=1S/C16H14F3NO4/c1-8-3-4-10(5-11(8)16(17,18)19)20-15(23)14-9(2)7-24-12(14)6-13(21)22/h3-5,7H,6H2,1-2H3,(H,20,23)(H,21,22). The van der Waals surface area contributed by atoms with Crippen molar-refractivity contribution >= 4 is 17.6 Å². The third kappa shape index (κ3) is 3.76. The van der Waals surface area contributed by atoms with Crippen LogP contribution in [0, 0.1) is 13.8 Å². The number of carbonyl (C=O) groups is 2. The van der Waals surface area contributed by atoms with Gasteiger partial charge >= 0.3 is 12.1 Å². The zero-order valence-corrected chi connectivity index (χ0v) is 12.8. The second-order valence-electron chi connectivity index (χ2n) is 5.27. The van der Waals surface area contributed by atoms with E-state index < -0.39 is 30.0 Å². The van der Waals surface area contributed by atoms with E-state index >= 15 is 0 Å². The summed E-state index contributed by atoms with van der Waals surface area (Å²) in [5.74, 6) is -1.97. The van der Waals surface area contributed by atoms with Crippen LogP contribution in [-0.4, -0.2) is 17.0 Å². The van der Waals surface area contributed by atoms with Crippen LogP contribution in [0.25, 0.3) is 0 Å². The van der Waals surface area contributed by atoms with Crippen molar-refractivity contribution in [2.75, 3.05) is 5.32 Å². The van der Waals surface area contributed by atoms with E-state index in [1.165, 1.54) is 25.3 Å². The normalized spacial score (nSPS) is 11.4. The molecule has 0 aliphatic carbocycles. The molecule has 0 aliphatic rings. The molecule has 1 aromatic carbocycles. The van der Waals surface area contributed by atoms with Crippen molar-refractivity contribution in [1.82, 2.24) is 0 Å². The van der Waals surface area contributed by atoms with Crippen molar-refractivity contribution in [1.29, 1.82) is 0 Å². The highest BCUT2D eigenvalue weighted by molar-refractivity contribution is 6.06. The minimum atomic E-state index is -4.54. The van der Waals surface area contributed by atoms with Gasteiger partial charge in [-0.25, -0.2) is 0 Å². The van der Waals surface area contributed by atoms with Crippen molar-refractivity contribution < 1.29 is 32.3 Å². The molecule has 24 heavy (non-hydrogen) atoms. The first kappa shape index (κ1) is 17.6. The second kappa shape index (κ2) is 6.38. The maximum absolute atomic E-state index is 12.9. The average Bonchev–Trinajstić information content (AvgIpc) is 2.79. The summed E-state index contributed by atoms with van der Waals surface area (Å²) in [4.78, 5) is 23.1. The number of carboxylic acids is 1. The molecule has 1 heterocycles. The van der Waals surface area contributed by atoms with Gasteiger partial charge < -0.3 is 14.8 Å². The highest BCUT2D eigenvalue weighted by atomic mass is 19.4. The Morgan fingerprint density at radius 3 is 2.46 bits per heavy atom. The fraction of sp³-hybridized carbons (Fsp3) is 0.250. The molecule has 2 rings (SSSR count). The third-order valence-corrected chi connectivity index (χ3v) is 3.39. The molecule has 2 N–H and O–H groups in total. The quantitative estimate of drug-likeness (QED) is 0.887. The Bertz CT molecular complexity index is 793. The Morgan fingerprint density at radius 1 is 1.21 bits per heavy atom. The first-order valence-electron chi connectivity index (χ1n) is 6.87. The first-order chi connectivity index (χ1) is 11.1. The minimum absolute atomic E-state index is 0.00605. The molecule has 0 saturated heterocycles. The van der Waals surface area contributed by atoms with Gasteiger partial charge in [0.05, 0.1) is 17.4 Å². The number of alkyl halides is 3. The van der Waals surface area contributed by atoms with Gasteiger partial charge in [0.25, 0.3) is 5.91 Å². The number of hydrogen-bond acceptors (Lipinski definition) is 3. The Hall–Kier alpha value is -2.77. The maximum Gasteiger partial charge on any atom is 0.416 e. The lowest BCUT2D eigenvalue weighted by atomic mass is 10.1. The molecular weight excluding hydrogens is 327 g/mol. The Morgan fingerprint density at radius 2 is 1.88 bits per heavy atom. The van der Waals surface area contributed by atoms with Gasteiger partial charge in [-0.2, -0.15) is 13.2 Å². The van der Waals surface area contributed by atoms with Crippen LogP contribution in [0.1, 0.15) is 32.8 Å². The molecular formula is C16H14F3NO4. The van der Waals surface area contributed by atoms with Crippen LogP contribution < -0.4 is 5.32 Å². The molecule has 128 valence electrons. The van der Waals surface area contributed by atoms with Crippen LogP contribution in [0.4, 0.5) is 18.9 Å². The average molecular weight is 341 g/mol. The summed E-state index contributed by atoms with van der Waals surface area (Å²) in [6, 6.07) is 3.42. The molecule has 2 aromatic rings. The summed E-state index contributed by atoms with van der Waals surface area (Å²) in [6.45, 7) is 2.86. The molecule has 0 fully saturated rings. The van der Waals surface area contributed by atoms with Crippen molar-refractivity contribution in [2.45, 2.75) is 26.4 Å². The van der Waals surface area contributed by atoms with Gasteiger partial charge in [0, 0.05) is 11.3 Å². The van der Waals surface area contributed by atoms with Crippen LogP contribution >= 0.6 is 0 Å². The SMILES string of the molecule is Cc1ccc(NC(=O)c2c(C)coc2CC(=O)O)cc1C(F)(F)F. The van der Waals surface area contributed by atoms with E-state index in [0.717, 1.165) is 6.07 Å². The molecule has 1 aromatic heterocycles.